The lowest BCUT2D eigenvalue weighted by atomic mass is 10.2. The molecule has 1 heterocycles. The van der Waals surface area contributed by atoms with Crippen molar-refractivity contribution >= 4 is 58.3 Å². The second-order valence-electron chi connectivity index (χ2n) is 5.29. The lowest BCUT2D eigenvalue weighted by Gasteiger charge is -2.07. The number of carbonyl (C=O) groups excluding carboxylic acids is 2. The molecule has 1 aliphatic rings. The number of hydrogen-bond donors (Lipinski definition) is 1. The number of imide groups is 1. The summed E-state index contributed by atoms with van der Waals surface area (Å²) >= 11 is 8.19. The Balaban J connectivity index is 1.71. The number of benzene rings is 2. The number of hydrogen-bond acceptors (Lipinski definition) is 5. The van der Waals surface area contributed by atoms with Gasteiger partial charge in [0.1, 0.15) is 6.54 Å². The summed E-state index contributed by atoms with van der Waals surface area (Å²) in [6.07, 6.45) is 1.59. The van der Waals surface area contributed by atoms with Crippen LogP contribution in [0.5, 0.6) is 0 Å². The van der Waals surface area contributed by atoms with Gasteiger partial charge in [-0.3, -0.25) is 19.3 Å². The highest BCUT2D eigenvalue weighted by molar-refractivity contribution is 8.18. The Kier molecular flexibility index (Phi) is 5.70. The summed E-state index contributed by atoms with van der Waals surface area (Å²) in [5, 5.41) is 8.88. The van der Waals surface area contributed by atoms with E-state index in [1.54, 1.807) is 17.8 Å². The minimum Gasteiger partial charge on any atom is -0.480 e. The van der Waals surface area contributed by atoms with Crippen LogP contribution >= 0.6 is 35.1 Å². The van der Waals surface area contributed by atoms with Crippen molar-refractivity contribution in [3.8, 4) is 0 Å². The summed E-state index contributed by atoms with van der Waals surface area (Å²) in [7, 11) is 0. The number of carboxylic acids is 1. The van der Waals surface area contributed by atoms with Gasteiger partial charge in [-0.2, -0.15) is 0 Å². The Hall–Kier alpha value is -2.22. The van der Waals surface area contributed by atoms with Gasteiger partial charge in [-0.05, 0) is 59.8 Å². The summed E-state index contributed by atoms with van der Waals surface area (Å²) in [6, 6.07) is 15.0. The highest BCUT2D eigenvalue weighted by atomic mass is 35.5. The lowest BCUT2D eigenvalue weighted by Crippen LogP contribution is -2.33. The smallest absolute Gasteiger partial charge is 0.323 e. The molecule has 0 saturated carbocycles. The fourth-order valence-electron chi connectivity index (χ4n) is 2.19. The van der Waals surface area contributed by atoms with Gasteiger partial charge in [0.2, 0.25) is 0 Å². The maximum absolute atomic E-state index is 12.1. The standard InChI is InChI=1S/C18H12ClNO4S2/c19-12-3-7-14(8-4-12)25-13-5-1-11(2-6-13)9-15-17(23)20(10-16(21)22)18(24)26-15/h1-9H,10H2,(H,21,22)/b15-9+. The summed E-state index contributed by atoms with van der Waals surface area (Å²) < 4.78 is 0. The van der Waals surface area contributed by atoms with Crippen molar-refractivity contribution in [3.63, 3.8) is 0 Å². The zero-order chi connectivity index (χ0) is 18.7. The van der Waals surface area contributed by atoms with Gasteiger partial charge in [-0.15, -0.1) is 0 Å². The zero-order valence-electron chi connectivity index (χ0n) is 13.2. The van der Waals surface area contributed by atoms with Crippen molar-refractivity contribution in [1.82, 2.24) is 4.90 Å². The van der Waals surface area contributed by atoms with Gasteiger partial charge in [0, 0.05) is 14.8 Å². The molecule has 0 aliphatic carbocycles. The van der Waals surface area contributed by atoms with E-state index < -0.39 is 23.7 Å². The maximum atomic E-state index is 12.1. The van der Waals surface area contributed by atoms with Crippen LogP contribution in [0.2, 0.25) is 5.02 Å². The molecule has 2 amide bonds. The summed E-state index contributed by atoms with van der Waals surface area (Å²) in [5.74, 6) is -1.81. The molecule has 132 valence electrons. The van der Waals surface area contributed by atoms with E-state index in [9.17, 15) is 14.4 Å². The SMILES string of the molecule is O=C(O)CN1C(=O)S/C(=C/c2ccc(Sc3ccc(Cl)cc3)cc2)C1=O. The van der Waals surface area contributed by atoms with E-state index in [2.05, 4.69) is 0 Å². The maximum Gasteiger partial charge on any atom is 0.323 e. The number of amides is 2. The first-order valence-electron chi connectivity index (χ1n) is 7.43. The first-order valence-corrected chi connectivity index (χ1v) is 9.44. The van der Waals surface area contributed by atoms with Crippen molar-refractivity contribution < 1.29 is 19.5 Å². The Morgan fingerprint density at radius 3 is 2.23 bits per heavy atom. The minimum absolute atomic E-state index is 0.217. The van der Waals surface area contributed by atoms with Crippen molar-refractivity contribution in [2.24, 2.45) is 0 Å². The average Bonchev–Trinajstić information content (AvgIpc) is 2.86. The molecule has 0 bridgehead atoms. The predicted molar refractivity (Wildman–Crippen MR) is 102 cm³/mol. The van der Waals surface area contributed by atoms with Gasteiger partial charge in [-0.25, -0.2) is 0 Å². The molecular formula is C18H12ClNO4S2. The number of aliphatic carboxylic acids is 1. The van der Waals surface area contributed by atoms with Crippen LogP contribution in [-0.2, 0) is 9.59 Å². The predicted octanol–water partition coefficient (Wildman–Crippen LogP) is 4.61. The fraction of sp³-hybridized carbons (Fsp3) is 0.0556. The molecular weight excluding hydrogens is 394 g/mol. The van der Waals surface area contributed by atoms with E-state index in [4.69, 9.17) is 16.7 Å². The van der Waals surface area contributed by atoms with Crippen molar-refractivity contribution in [2.75, 3.05) is 6.54 Å². The lowest BCUT2D eigenvalue weighted by molar-refractivity contribution is -0.140. The summed E-state index contributed by atoms with van der Waals surface area (Å²) in [4.78, 5) is 37.6. The molecule has 1 N–H and O–H groups in total. The molecule has 3 rings (SSSR count). The van der Waals surface area contributed by atoms with E-state index in [-0.39, 0.29) is 4.91 Å². The van der Waals surface area contributed by atoms with Gasteiger partial charge < -0.3 is 5.11 Å². The van der Waals surface area contributed by atoms with Crippen LogP contribution in [0.3, 0.4) is 0 Å². The molecule has 5 nitrogen and oxygen atoms in total. The molecule has 0 aromatic heterocycles. The van der Waals surface area contributed by atoms with Gasteiger partial charge in [0.05, 0.1) is 4.91 Å². The number of thioether (sulfide) groups is 1. The van der Waals surface area contributed by atoms with E-state index >= 15 is 0 Å². The Labute approximate surface area is 163 Å². The number of nitrogens with zero attached hydrogens (tertiary/aromatic N) is 1. The first kappa shape index (κ1) is 18.6. The number of rotatable bonds is 5. The molecule has 0 unspecified atom stereocenters. The second kappa shape index (κ2) is 7.99. The molecule has 2 aromatic rings. The quantitative estimate of drug-likeness (QED) is 0.732. The van der Waals surface area contributed by atoms with Crippen molar-refractivity contribution in [1.29, 1.82) is 0 Å². The Bertz CT molecular complexity index is 894. The van der Waals surface area contributed by atoms with Crippen molar-refractivity contribution in [2.45, 2.75) is 9.79 Å². The Morgan fingerprint density at radius 2 is 1.65 bits per heavy atom. The van der Waals surface area contributed by atoms with E-state index in [0.717, 1.165) is 32.0 Å². The van der Waals surface area contributed by atoms with Gasteiger partial charge >= 0.3 is 5.97 Å². The van der Waals surface area contributed by atoms with Crippen LogP contribution in [0.1, 0.15) is 5.56 Å². The van der Waals surface area contributed by atoms with Gasteiger partial charge in [0.25, 0.3) is 11.1 Å². The van der Waals surface area contributed by atoms with E-state index in [0.29, 0.717) is 5.02 Å². The van der Waals surface area contributed by atoms with Crippen LogP contribution < -0.4 is 0 Å². The molecule has 0 atom stereocenters. The second-order valence-corrected chi connectivity index (χ2v) is 7.86. The van der Waals surface area contributed by atoms with E-state index in [1.165, 1.54) is 0 Å². The van der Waals surface area contributed by atoms with Crippen LogP contribution in [0, 0.1) is 0 Å². The molecule has 1 aliphatic heterocycles. The van der Waals surface area contributed by atoms with Crippen molar-refractivity contribution in [3.05, 3.63) is 64.0 Å². The average molecular weight is 406 g/mol. The number of carbonyl (C=O) groups is 3. The molecule has 1 fully saturated rings. The first-order chi connectivity index (χ1) is 12.4. The molecule has 8 heteroatoms. The summed E-state index contributed by atoms with van der Waals surface area (Å²) in [5.41, 5.74) is 0.756. The fourth-order valence-corrected chi connectivity index (χ4v) is 3.97. The minimum atomic E-state index is -1.22. The van der Waals surface area contributed by atoms with Crippen LogP contribution in [0.25, 0.3) is 6.08 Å². The normalized spacial score (nSPS) is 15.7. The van der Waals surface area contributed by atoms with E-state index in [1.807, 2.05) is 48.5 Å². The number of halogens is 1. The molecule has 2 aromatic carbocycles. The number of carboxylic acid groups (broad SMARTS) is 1. The van der Waals surface area contributed by atoms with Crippen LogP contribution in [0.4, 0.5) is 4.79 Å². The third kappa shape index (κ3) is 4.49. The third-order valence-electron chi connectivity index (χ3n) is 3.39. The third-order valence-corrected chi connectivity index (χ3v) is 5.57. The van der Waals surface area contributed by atoms with Crippen LogP contribution in [0.15, 0.2) is 63.2 Å². The Morgan fingerprint density at radius 1 is 1.08 bits per heavy atom. The van der Waals surface area contributed by atoms with Gasteiger partial charge in [-0.1, -0.05) is 35.5 Å². The highest BCUT2D eigenvalue weighted by Gasteiger charge is 2.36. The van der Waals surface area contributed by atoms with Gasteiger partial charge in [0.15, 0.2) is 0 Å². The molecule has 0 radical (unpaired) electrons. The summed E-state index contributed by atoms with van der Waals surface area (Å²) in [6.45, 7) is -0.626. The topological polar surface area (TPSA) is 74.7 Å². The zero-order valence-corrected chi connectivity index (χ0v) is 15.6. The molecule has 26 heavy (non-hydrogen) atoms. The molecule has 1 saturated heterocycles. The highest BCUT2D eigenvalue weighted by Crippen LogP contribution is 2.33. The monoisotopic (exact) mass is 405 g/mol. The van der Waals surface area contributed by atoms with Crippen LogP contribution in [-0.4, -0.2) is 33.7 Å². The largest absolute Gasteiger partial charge is 0.480 e. The molecule has 0 spiro atoms.